The molecule has 0 aliphatic heterocycles. The zero-order valence-corrected chi connectivity index (χ0v) is 18.0. The van der Waals surface area contributed by atoms with Crippen molar-refractivity contribution in [2.45, 2.75) is 53.0 Å². The number of hydrogen-bond acceptors (Lipinski definition) is 2. The van der Waals surface area contributed by atoms with Crippen molar-refractivity contribution in [2.75, 3.05) is 5.32 Å². The molecule has 2 fully saturated rings. The molecule has 0 saturated heterocycles. The van der Waals surface area contributed by atoms with E-state index in [-0.39, 0.29) is 28.3 Å². The van der Waals surface area contributed by atoms with Crippen LogP contribution in [0.15, 0.2) is 42.5 Å². The fourth-order valence-corrected chi connectivity index (χ4v) is 5.40. The van der Waals surface area contributed by atoms with Crippen molar-refractivity contribution >= 4 is 17.5 Å². The summed E-state index contributed by atoms with van der Waals surface area (Å²) in [5.41, 5.74) is 2.11. The molecule has 3 atom stereocenters. The fourth-order valence-electron chi connectivity index (χ4n) is 5.40. The molecular weight excluding hydrogens is 379 g/mol. The Morgan fingerprint density at radius 2 is 1.80 bits per heavy atom. The molecule has 2 aliphatic rings. The Balaban J connectivity index is 1.51. The van der Waals surface area contributed by atoms with Crippen LogP contribution in [-0.2, 0) is 0 Å². The minimum atomic E-state index is -0.575. The van der Waals surface area contributed by atoms with Gasteiger partial charge in [0.05, 0.1) is 5.56 Å². The van der Waals surface area contributed by atoms with E-state index in [0.29, 0.717) is 17.2 Å². The predicted molar refractivity (Wildman–Crippen MR) is 116 cm³/mol. The first-order valence-electron chi connectivity index (χ1n) is 10.6. The van der Waals surface area contributed by atoms with Crippen LogP contribution in [-0.4, -0.2) is 17.9 Å². The SMILES string of the molecule is Cc1ccc(C(=O)NC2CC3CCC2(C)C3(C)C)cc1NC(=O)c1ccccc1F. The molecule has 30 heavy (non-hydrogen) atoms. The maximum Gasteiger partial charge on any atom is 0.258 e. The number of anilines is 1. The first-order chi connectivity index (χ1) is 14.1. The molecule has 4 rings (SSSR count). The molecule has 2 aliphatic carbocycles. The lowest BCUT2D eigenvalue weighted by molar-refractivity contribution is 0.0825. The van der Waals surface area contributed by atoms with Gasteiger partial charge in [-0.05, 0) is 72.8 Å². The van der Waals surface area contributed by atoms with Crippen LogP contribution in [0.5, 0.6) is 0 Å². The summed E-state index contributed by atoms with van der Waals surface area (Å²) in [7, 11) is 0. The first-order valence-corrected chi connectivity index (χ1v) is 10.6. The quantitative estimate of drug-likeness (QED) is 0.718. The molecule has 0 heterocycles. The van der Waals surface area contributed by atoms with Crippen LogP contribution in [0.2, 0.25) is 0 Å². The number of rotatable bonds is 4. The third kappa shape index (κ3) is 3.21. The molecule has 2 N–H and O–H groups in total. The smallest absolute Gasteiger partial charge is 0.258 e. The summed E-state index contributed by atoms with van der Waals surface area (Å²) in [5, 5.41) is 6.00. The third-order valence-corrected chi connectivity index (χ3v) is 7.97. The molecule has 0 radical (unpaired) electrons. The molecule has 4 nitrogen and oxygen atoms in total. The minimum absolute atomic E-state index is 0.0242. The van der Waals surface area contributed by atoms with Gasteiger partial charge in [0.2, 0.25) is 0 Å². The minimum Gasteiger partial charge on any atom is -0.349 e. The number of carbonyl (C=O) groups is 2. The van der Waals surface area contributed by atoms with E-state index in [0.717, 1.165) is 18.4 Å². The third-order valence-electron chi connectivity index (χ3n) is 7.97. The molecule has 3 unspecified atom stereocenters. The highest BCUT2D eigenvalue weighted by Crippen LogP contribution is 2.65. The second kappa shape index (κ2) is 7.22. The molecule has 0 spiro atoms. The number of aryl methyl sites for hydroxylation is 1. The maximum absolute atomic E-state index is 13.9. The standard InChI is InChI=1S/C25H29FN2O2/c1-15-9-10-16(13-20(15)27-23(30)18-7-5-6-8-19(18)26)22(29)28-21-14-17-11-12-25(21,4)24(17,2)3/h5-10,13,17,21H,11-12,14H2,1-4H3,(H,27,30)(H,28,29). The number of benzene rings is 2. The lowest BCUT2D eigenvalue weighted by atomic mass is 9.69. The molecule has 2 aromatic carbocycles. The zero-order chi connectivity index (χ0) is 21.7. The highest BCUT2D eigenvalue weighted by molar-refractivity contribution is 6.05. The Labute approximate surface area is 177 Å². The van der Waals surface area contributed by atoms with Crippen molar-refractivity contribution < 1.29 is 14.0 Å². The van der Waals surface area contributed by atoms with Gasteiger partial charge in [0, 0.05) is 17.3 Å². The van der Waals surface area contributed by atoms with Crippen molar-refractivity contribution in [2.24, 2.45) is 16.7 Å². The van der Waals surface area contributed by atoms with E-state index in [1.165, 1.54) is 18.6 Å². The van der Waals surface area contributed by atoms with Crippen LogP contribution in [0, 0.1) is 29.5 Å². The Kier molecular flexibility index (Phi) is 4.95. The van der Waals surface area contributed by atoms with Crippen molar-refractivity contribution in [3.63, 3.8) is 0 Å². The zero-order valence-electron chi connectivity index (χ0n) is 18.0. The van der Waals surface area contributed by atoms with Crippen LogP contribution in [0.25, 0.3) is 0 Å². The summed E-state index contributed by atoms with van der Waals surface area (Å²) >= 11 is 0. The predicted octanol–water partition coefficient (Wildman–Crippen LogP) is 5.33. The average molecular weight is 409 g/mol. The molecule has 2 saturated carbocycles. The van der Waals surface area contributed by atoms with Gasteiger partial charge in [0.25, 0.3) is 11.8 Å². The molecule has 5 heteroatoms. The van der Waals surface area contributed by atoms with Crippen LogP contribution in [0.1, 0.15) is 66.3 Å². The Morgan fingerprint density at radius 3 is 2.43 bits per heavy atom. The van der Waals surface area contributed by atoms with Gasteiger partial charge in [-0.1, -0.05) is 39.0 Å². The van der Waals surface area contributed by atoms with Crippen molar-refractivity contribution in [3.8, 4) is 0 Å². The van der Waals surface area contributed by atoms with Crippen molar-refractivity contribution in [1.82, 2.24) is 5.32 Å². The monoisotopic (exact) mass is 408 g/mol. The normalized spacial score (nSPS) is 26.4. The highest BCUT2D eigenvalue weighted by Gasteiger charge is 2.61. The summed E-state index contributed by atoms with van der Waals surface area (Å²) in [6.45, 7) is 8.77. The largest absolute Gasteiger partial charge is 0.349 e. The molecular formula is C25H29FN2O2. The van der Waals surface area contributed by atoms with Crippen molar-refractivity contribution in [3.05, 3.63) is 65.0 Å². The van der Waals surface area contributed by atoms with E-state index in [1.807, 2.05) is 6.92 Å². The number of amides is 2. The van der Waals surface area contributed by atoms with Gasteiger partial charge in [-0.3, -0.25) is 9.59 Å². The van der Waals surface area contributed by atoms with E-state index < -0.39 is 11.7 Å². The maximum atomic E-state index is 13.9. The van der Waals surface area contributed by atoms with E-state index >= 15 is 0 Å². The van der Waals surface area contributed by atoms with Crippen molar-refractivity contribution in [1.29, 1.82) is 0 Å². The molecule has 158 valence electrons. The van der Waals surface area contributed by atoms with Crippen LogP contribution < -0.4 is 10.6 Å². The Hall–Kier alpha value is -2.69. The van der Waals surface area contributed by atoms with Gasteiger partial charge in [-0.25, -0.2) is 4.39 Å². The van der Waals surface area contributed by atoms with Crippen LogP contribution >= 0.6 is 0 Å². The summed E-state index contributed by atoms with van der Waals surface area (Å²) in [6.07, 6.45) is 3.37. The van der Waals surface area contributed by atoms with Gasteiger partial charge in [-0.15, -0.1) is 0 Å². The van der Waals surface area contributed by atoms with E-state index in [1.54, 1.807) is 30.3 Å². The second-order valence-corrected chi connectivity index (χ2v) is 9.60. The summed E-state index contributed by atoms with van der Waals surface area (Å²) in [5.74, 6) is -0.600. The van der Waals surface area contributed by atoms with E-state index in [2.05, 4.69) is 31.4 Å². The summed E-state index contributed by atoms with van der Waals surface area (Å²) < 4.78 is 13.9. The van der Waals surface area contributed by atoms with E-state index in [4.69, 9.17) is 0 Å². The first kappa shape index (κ1) is 20.6. The van der Waals surface area contributed by atoms with Gasteiger partial charge in [-0.2, -0.15) is 0 Å². The van der Waals surface area contributed by atoms with Gasteiger partial charge in [0.15, 0.2) is 0 Å². The van der Waals surface area contributed by atoms with Gasteiger partial charge < -0.3 is 10.6 Å². The number of fused-ring (bicyclic) bond motifs is 2. The fraction of sp³-hybridized carbons (Fsp3) is 0.440. The average Bonchev–Trinajstić information content (AvgIpc) is 3.03. The Bertz CT molecular complexity index is 1020. The van der Waals surface area contributed by atoms with Gasteiger partial charge >= 0.3 is 0 Å². The topological polar surface area (TPSA) is 58.2 Å². The highest BCUT2D eigenvalue weighted by atomic mass is 19.1. The molecule has 2 amide bonds. The van der Waals surface area contributed by atoms with E-state index in [9.17, 15) is 14.0 Å². The molecule has 0 aromatic heterocycles. The number of nitrogens with one attached hydrogen (secondary N) is 2. The summed E-state index contributed by atoms with van der Waals surface area (Å²) in [6, 6.07) is 11.2. The van der Waals surface area contributed by atoms with Crippen LogP contribution in [0.4, 0.5) is 10.1 Å². The lowest BCUT2D eigenvalue weighted by Crippen LogP contribution is -2.46. The number of halogens is 1. The lowest BCUT2D eigenvalue weighted by Gasteiger charge is -2.39. The second-order valence-electron chi connectivity index (χ2n) is 9.60. The molecule has 2 bridgehead atoms. The Morgan fingerprint density at radius 1 is 1.07 bits per heavy atom. The number of carbonyl (C=O) groups excluding carboxylic acids is 2. The number of hydrogen-bond donors (Lipinski definition) is 2. The van der Waals surface area contributed by atoms with Gasteiger partial charge in [0.1, 0.15) is 5.82 Å². The van der Waals surface area contributed by atoms with Crippen LogP contribution in [0.3, 0.4) is 0 Å². The summed E-state index contributed by atoms with van der Waals surface area (Å²) in [4.78, 5) is 25.5. The molecule has 2 aromatic rings.